The van der Waals surface area contributed by atoms with Gasteiger partial charge in [0.05, 0.1) is 11.5 Å². The first-order chi connectivity index (χ1) is 7.43. The first kappa shape index (κ1) is 12.8. The maximum absolute atomic E-state index is 12.6. The largest absolute Gasteiger partial charge is 0.303 e. The molecule has 16 heavy (non-hydrogen) atoms. The molecule has 0 amide bonds. The van der Waals surface area contributed by atoms with Crippen LogP contribution in [-0.2, 0) is 20.4 Å². The van der Waals surface area contributed by atoms with Crippen LogP contribution in [0, 0.1) is 11.7 Å². The second-order valence-electron chi connectivity index (χ2n) is 3.79. The van der Waals surface area contributed by atoms with E-state index in [4.69, 9.17) is 0 Å². The summed E-state index contributed by atoms with van der Waals surface area (Å²) in [6, 6.07) is 5.29. The monoisotopic (exact) mass is 244 g/mol. The molecule has 5 heteroatoms. The molecule has 0 saturated carbocycles. The van der Waals surface area contributed by atoms with Crippen LogP contribution in [0.25, 0.3) is 0 Å². The predicted octanol–water partition coefficient (Wildman–Crippen LogP) is 1.58. The lowest BCUT2D eigenvalue weighted by Crippen LogP contribution is -2.16. The molecule has 0 aliphatic heterocycles. The Labute approximate surface area is 94.2 Å². The number of halogens is 1. The van der Waals surface area contributed by atoms with Crippen molar-refractivity contribution >= 4 is 16.1 Å². The van der Waals surface area contributed by atoms with Crippen LogP contribution in [0.15, 0.2) is 24.3 Å². The predicted molar refractivity (Wildman–Crippen MR) is 59.1 cm³/mol. The van der Waals surface area contributed by atoms with E-state index in [1.165, 1.54) is 24.3 Å². The molecule has 0 N–H and O–H groups in total. The summed E-state index contributed by atoms with van der Waals surface area (Å²) in [6.07, 6.45) is 0.613. The van der Waals surface area contributed by atoms with Gasteiger partial charge in [-0.3, -0.25) is 0 Å². The molecule has 0 radical (unpaired) electrons. The highest BCUT2D eigenvalue weighted by molar-refractivity contribution is 7.90. The zero-order valence-electron chi connectivity index (χ0n) is 8.89. The lowest BCUT2D eigenvalue weighted by atomic mass is 10.2. The van der Waals surface area contributed by atoms with E-state index >= 15 is 0 Å². The highest BCUT2D eigenvalue weighted by Gasteiger charge is 2.16. The lowest BCUT2D eigenvalue weighted by Gasteiger charge is -2.06. The molecule has 1 atom stereocenters. The molecular formula is C11H13FO3S. The second-order valence-corrected chi connectivity index (χ2v) is 5.90. The van der Waals surface area contributed by atoms with Crippen LogP contribution >= 0.6 is 0 Å². The van der Waals surface area contributed by atoms with Crippen molar-refractivity contribution in [3.8, 4) is 0 Å². The normalized spacial score (nSPS) is 13.4. The fraction of sp³-hybridized carbons (Fsp3) is 0.364. The fourth-order valence-electron chi connectivity index (χ4n) is 1.33. The van der Waals surface area contributed by atoms with E-state index in [0.29, 0.717) is 11.8 Å². The van der Waals surface area contributed by atoms with Gasteiger partial charge in [-0.15, -0.1) is 0 Å². The highest BCUT2D eigenvalue weighted by Crippen LogP contribution is 2.10. The van der Waals surface area contributed by atoms with E-state index in [0.717, 1.165) is 0 Å². The van der Waals surface area contributed by atoms with Crippen LogP contribution in [-0.4, -0.2) is 20.5 Å². The molecule has 0 heterocycles. The maximum Gasteiger partial charge on any atom is 0.155 e. The standard InChI is InChI=1S/C11H13FO3S/c1-9(6-13)7-16(14,15)8-10-2-4-11(12)5-3-10/h2-6,9H,7-8H2,1H3/t9-/m1/s1. The summed E-state index contributed by atoms with van der Waals surface area (Å²) in [7, 11) is -3.31. The number of carbonyl (C=O) groups is 1. The maximum atomic E-state index is 12.6. The third kappa shape index (κ3) is 4.10. The molecule has 0 aromatic heterocycles. The van der Waals surface area contributed by atoms with Crippen LogP contribution in [0.2, 0.25) is 0 Å². The lowest BCUT2D eigenvalue weighted by molar-refractivity contribution is -0.110. The van der Waals surface area contributed by atoms with E-state index < -0.39 is 21.6 Å². The minimum Gasteiger partial charge on any atom is -0.303 e. The van der Waals surface area contributed by atoms with Gasteiger partial charge in [0.15, 0.2) is 9.84 Å². The van der Waals surface area contributed by atoms with Gasteiger partial charge in [-0.1, -0.05) is 19.1 Å². The van der Waals surface area contributed by atoms with Gasteiger partial charge in [0.2, 0.25) is 0 Å². The topological polar surface area (TPSA) is 51.2 Å². The summed E-state index contributed by atoms with van der Waals surface area (Å²) in [6.45, 7) is 1.55. The molecule has 1 aromatic carbocycles. The van der Waals surface area contributed by atoms with Gasteiger partial charge < -0.3 is 4.79 Å². The van der Waals surface area contributed by atoms with Crippen molar-refractivity contribution in [2.45, 2.75) is 12.7 Å². The molecule has 0 spiro atoms. The Kier molecular flexibility index (Phi) is 4.18. The van der Waals surface area contributed by atoms with Crippen LogP contribution < -0.4 is 0 Å². The van der Waals surface area contributed by atoms with Crippen molar-refractivity contribution in [2.75, 3.05) is 5.75 Å². The van der Waals surface area contributed by atoms with Crippen molar-refractivity contribution in [1.82, 2.24) is 0 Å². The van der Waals surface area contributed by atoms with Crippen molar-refractivity contribution in [1.29, 1.82) is 0 Å². The molecule has 0 saturated heterocycles. The molecule has 0 bridgehead atoms. The third-order valence-electron chi connectivity index (χ3n) is 2.05. The molecule has 1 aromatic rings. The fourth-order valence-corrected chi connectivity index (χ4v) is 3.03. The number of hydrogen-bond acceptors (Lipinski definition) is 3. The molecule has 3 nitrogen and oxygen atoms in total. The number of carbonyl (C=O) groups excluding carboxylic acids is 1. The Balaban J connectivity index is 2.73. The smallest absolute Gasteiger partial charge is 0.155 e. The second kappa shape index (κ2) is 5.21. The van der Waals surface area contributed by atoms with Gasteiger partial charge in [0.1, 0.15) is 12.1 Å². The van der Waals surface area contributed by atoms with Gasteiger partial charge in [-0.05, 0) is 17.7 Å². The first-order valence-corrected chi connectivity index (χ1v) is 6.65. The van der Waals surface area contributed by atoms with Crippen molar-refractivity contribution in [3.05, 3.63) is 35.6 Å². The Morgan fingerprint density at radius 3 is 2.38 bits per heavy atom. The van der Waals surface area contributed by atoms with E-state index in [2.05, 4.69) is 0 Å². The van der Waals surface area contributed by atoms with Gasteiger partial charge in [-0.25, -0.2) is 12.8 Å². The van der Waals surface area contributed by atoms with Crippen molar-refractivity contribution in [2.24, 2.45) is 5.92 Å². The number of sulfone groups is 1. The summed E-state index contributed by atoms with van der Waals surface area (Å²) in [5.74, 6) is -1.24. The molecule has 0 unspecified atom stereocenters. The molecule has 0 aliphatic carbocycles. The number of aldehydes is 1. The van der Waals surface area contributed by atoms with Crippen molar-refractivity contribution in [3.63, 3.8) is 0 Å². The summed E-state index contributed by atoms with van der Waals surface area (Å²) in [4.78, 5) is 10.4. The van der Waals surface area contributed by atoms with Crippen molar-refractivity contribution < 1.29 is 17.6 Å². The zero-order valence-corrected chi connectivity index (χ0v) is 9.71. The highest BCUT2D eigenvalue weighted by atomic mass is 32.2. The van der Waals surface area contributed by atoms with E-state index in [1.807, 2.05) is 0 Å². The SMILES string of the molecule is C[C@H](C=O)CS(=O)(=O)Cc1ccc(F)cc1. The Morgan fingerprint density at radius 2 is 1.88 bits per heavy atom. The quantitative estimate of drug-likeness (QED) is 0.739. The summed E-state index contributed by atoms with van der Waals surface area (Å²) >= 11 is 0. The van der Waals surface area contributed by atoms with Crippen LogP contribution in [0.1, 0.15) is 12.5 Å². The summed E-state index contributed by atoms with van der Waals surface area (Å²) in [5.41, 5.74) is 0.527. The van der Waals surface area contributed by atoms with Gasteiger partial charge in [0.25, 0.3) is 0 Å². The molecule has 0 aliphatic rings. The minimum absolute atomic E-state index is 0.161. The third-order valence-corrected chi connectivity index (χ3v) is 3.86. The number of hydrogen-bond donors (Lipinski definition) is 0. The Hall–Kier alpha value is -1.23. The van der Waals surface area contributed by atoms with Gasteiger partial charge >= 0.3 is 0 Å². The Morgan fingerprint density at radius 1 is 1.31 bits per heavy atom. The van der Waals surface area contributed by atoms with Gasteiger partial charge in [0, 0.05) is 5.92 Å². The zero-order chi connectivity index (χ0) is 12.2. The average Bonchev–Trinajstić information content (AvgIpc) is 2.20. The first-order valence-electron chi connectivity index (χ1n) is 4.83. The average molecular weight is 244 g/mol. The van der Waals surface area contributed by atoms with Crippen LogP contribution in [0.4, 0.5) is 4.39 Å². The number of benzene rings is 1. The summed E-state index contributed by atoms with van der Waals surface area (Å²) in [5, 5.41) is 0. The Bertz CT molecular complexity index is 451. The molecular weight excluding hydrogens is 231 g/mol. The van der Waals surface area contributed by atoms with Crippen LogP contribution in [0.3, 0.4) is 0 Å². The number of rotatable bonds is 5. The molecule has 0 fully saturated rings. The minimum atomic E-state index is -3.31. The van der Waals surface area contributed by atoms with E-state index in [-0.39, 0.29) is 11.5 Å². The van der Waals surface area contributed by atoms with Gasteiger partial charge in [-0.2, -0.15) is 0 Å². The molecule has 1 rings (SSSR count). The van der Waals surface area contributed by atoms with E-state index in [1.54, 1.807) is 6.92 Å². The summed E-state index contributed by atoms with van der Waals surface area (Å²) < 4.78 is 35.8. The molecule has 88 valence electrons. The van der Waals surface area contributed by atoms with Crippen LogP contribution in [0.5, 0.6) is 0 Å². The van der Waals surface area contributed by atoms with E-state index in [9.17, 15) is 17.6 Å².